The summed E-state index contributed by atoms with van der Waals surface area (Å²) in [6, 6.07) is 0. The van der Waals surface area contributed by atoms with Crippen LogP contribution in [0.1, 0.15) is 41.5 Å². The summed E-state index contributed by atoms with van der Waals surface area (Å²) >= 11 is 0. The molecule has 128 valence electrons. The lowest BCUT2D eigenvalue weighted by Crippen LogP contribution is -2.28. The van der Waals surface area contributed by atoms with Crippen LogP contribution in [-0.4, -0.2) is 30.2 Å². The highest BCUT2D eigenvalue weighted by Crippen LogP contribution is 2.39. The molecule has 0 fully saturated rings. The van der Waals surface area contributed by atoms with Crippen LogP contribution in [0.2, 0.25) is 0 Å². The molecule has 0 amide bonds. The topological polar surface area (TPSA) is 20.1 Å². The smallest absolute Gasteiger partial charge is 0.199 e. The molecule has 0 unspecified atom stereocenters. The van der Waals surface area contributed by atoms with Gasteiger partial charge in [0.1, 0.15) is 14.1 Å². The number of hydrogen-bond donors (Lipinski definition) is 0. The summed E-state index contributed by atoms with van der Waals surface area (Å²) in [6.45, 7) is 12.6. The van der Waals surface area contributed by atoms with E-state index in [9.17, 15) is 4.79 Å². The summed E-state index contributed by atoms with van der Waals surface area (Å²) in [5.41, 5.74) is 4.88. The van der Waals surface area contributed by atoms with Crippen LogP contribution in [-0.2, 0) is 4.79 Å². The third-order valence-corrected chi connectivity index (χ3v) is 4.42. The summed E-state index contributed by atoms with van der Waals surface area (Å²) in [7, 11) is 4.08. The summed E-state index contributed by atoms with van der Waals surface area (Å²) in [5, 5.41) is 0. The van der Waals surface area contributed by atoms with E-state index in [1.54, 1.807) is 0 Å². The van der Waals surface area contributed by atoms with E-state index in [0.29, 0.717) is 0 Å². The Bertz CT molecular complexity index is 693. The second-order valence-corrected chi connectivity index (χ2v) is 8.84. The highest BCUT2D eigenvalue weighted by atomic mass is 16.1. The molecule has 0 radical (unpaired) electrons. The van der Waals surface area contributed by atoms with Gasteiger partial charge in [0.05, 0.1) is 0 Å². The molecule has 2 rings (SSSR count). The molecular formula is C22H30NO+. The number of allylic oxidation sites excluding steroid dienone is 10. The fourth-order valence-electron chi connectivity index (χ4n) is 2.86. The third kappa shape index (κ3) is 3.75. The molecule has 0 aromatic carbocycles. The van der Waals surface area contributed by atoms with Gasteiger partial charge in [0.25, 0.3) is 0 Å². The van der Waals surface area contributed by atoms with E-state index in [4.69, 9.17) is 0 Å². The van der Waals surface area contributed by atoms with E-state index >= 15 is 0 Å². The second kappa shape index (κ2) is 6.16. The van der Waals surface area contributed by atoms with Crippen LogP contribution in [0.3, 0.4) is 0 Å². The molecule has 2 heteroatoms. The highest BCUT2D eigenvalue weighted by molar-refractivity contribution is 6.12. The van der Waals surface area contributed by atoms with Gasteiger partial charge < -0.3 is 0 Å². The molecule has 0 aliphatic heterocycles. The van der Waals surface area contributed by atoms with Gasteiger partial charge in [-0.2, -0.15) is 0 Å². The van der Waals surface area contributed by atoms with Crippen LogP contribution >= 0.6 is 0 Å². The molecule has 0 aromatic rings. The SMILES string of the molecule is C[N+](C)=C1C=CC(=C2C=C(C(C)(C)C)C(=O)C(C(C)(C)C)=C2)C=C1. The fourth-order valence-corrected chi connectivity index (χ4v) is 2.86. The minimum absolute atomic E-state index is 0.170. The van der Waals surface area contributed by atoms with Gasteiger partial charge >= 0.3 is 0 Å². The highest BCUT2D eigenvalue weighted by Gasteiger charge is 2.34. The van der Waals surface area contributed by atoms with Crippen molar-refractivity contribution in [1.82, 2.24) is 0 Å². The Hall–Kier alpha value is -1.96. The van der Waals surface area contributed by atoms with E-state index in [2.05, 4.69) is 82.6 Å². The normalized spacial score (nSPS) is 18.8. The van der Waals surface area contributed by atoms with Crippen LogP contribution < -0.4 is 0 Å². The lowest BCUT2D eigenvalue weighted by molar-refractivity contribution is -0.462. The first-order valence-electron chi connectivity index (χ1n) is 8.55. The average molecular weight is 324 g/mol. The first kappa shape index (κ1) is 18.4. The van der Waals surface area contributed by atoms with Crippen molar-refractivity contribution in [3.8, 4) is 0 Å². The predicted molar refractivity (Wildman–Crippen MR) is 103 cm³/mol. The molecular weight excluding hydrogens is 294 g/mol. The number of hydrogen-bond acceptors (Lipinski definition) is 1. The van der Waals surface area contributed by atoms with E-state index in [1.807, 2.05) is 14.1 Å². The Morgan fingerprint density at radius 1 is 0.708 bits per heavy atom. The van der Waals surface area contributed by atoms with Gasteiger partial charge in [0.2, 0.25) is 0 Å². The third-order valence-electron chi connectivity index (χ3n) is 4.42. The predicted octanol–water partition coefficient (Wildman–Crippen LogP) is 4.65. The molecule has 0 spiro atoms. The zero-order chi connectivity index (χ0) is 18.3. The average Bonchev–Trinajstić information content (AvgIpc) is 2.45. The Morgan fingerprint density at radius 2 is 1.12 bits per heavy atom. The number of rotatable bonds is 0. The minimum Gasteiger partial charge on any atom is -0.289 e. The first-order chi connectivity index (χ1) is 10.9. The first-order valence-corrected chi connectivity index (χ1v) is 8.55. The lowest BCUT2D eigenvalue weighted by atomic mass is 9.71. The molecule has 24 heavy (non-hydrogen) atoms. The van der Waals surface area contributed by atoms with Gasteiger partial charge in [-0.3, -0.25) is 4.79 Å². The zero-order valence-corrected chi connectivity index (χ0v) is 16.3. The molecule has 2 nitrogen and oxygen atoms in total. The van der Waals surface area contributed by atoms with Gasteiger partial charge in [-0.15, -0.1) is 0 Å². The van der Waals surface area contributed by atoms with Crippen molar-refractivity contribution in [2.24, 2.45) is 10.8 Å². The maximum Gasteiger partial charge on any atom is 0.199 e. The molecule has 0 atom stereocenters. The van der Waals surface area contributed by atoms with Crippen LogP contribution in [0.15, 0.2) is 58.7 Å². The zero-order valence-electron chi connectivity index (χ0n) is 16.3. The fraction of sp³-hybridized carbons (Fsp3) is 0.455. The summed E-state index contributed by atoms with van der Waals surface area (Å²) < 4.78 is 2.09. The van der Waals surface area contributed by atoms with Gasteiger partial charge in [0.15, 0.2) is 11.5 Å². The largest absolute Gasteiger partial charge is 0.289 e. The van der Waals surface area contributed by atoms with Crippen molar-refractivity contribution in [1.29, 1.82) is 0 Å². The minimum atomic E-state index is -0.170. The van der Waals surface area contributed by atoms with Crippen molar-refractivity contribution >= 4 is 11.5 Å². The van der Waals surface area contributed by atoms with Gasteiger partial charge in [0, 0.05) is 23.3 Å². The Kier molecular flexibility index (Phi) is 4.72. The summed E-state index contributed by atoms with van der Waals surface area (Å²) in [4.78, 5) is 13.0. The molecule has 0 heterocycles. The second-order valence-electron chi connectivity index (χ2n) is 8.84. The molecule has 0 saturated heterocycles. The van der Waals surface area contributed by atoms with Gasteiger partial charge in [-0.1, -0.05) is 41.5 Å². The number of Topliss-reactive ketones (excluding diaryl/α,β-unsaturated/α-hetero) is 1. The lowest BCUT2D eigenvalue weighted by Gasteiger charge is -2.31. The monoisotopic (exact) mass is 324 g/mol. The van der Waals surface area contributed by atoms with Crippen LogP contribution in [0.4, 0.5) is 0 Å². The number of carbonyl (C=O) groups excluding carboxylic acids is 1. The van der Waals surface area contributed by atoms with E-state index in [-0.39, 0.29) is 16.6 Å². The van der Waals surface area contributed by atoms with Crippen molar-refractivity contribution < 1.29 is 9.37 Å². The maximum atomic E-state index is 13.0. The Balaban J connectivity index is 2.63. The Morgan fingerprint density at radius 3 is 1.46 bits per heavy atom. The Labute approximate surface area is 146 Å². The molecule has 0 saturated carbocycles. The van der Waals surface area contributed by atoms with E-state index < -0.39 is 0 Å². The standard InChI is InChI=1S/C22H30NO/c1-21(2,3)18-13-16(14-19(20(18)24)22(4,5)6)15-9-11-17(12-10-15)23(7)8/h9-14H,1-8H3/q+1. The van der Waals surface area contributed by atoms with Crippen LogP contribution in [0.25, 0.3) is 0 Å². The molecule has 2 aliphatic carbocycles. The maximum absolute atomic E-state index is 13.0. The number of carbonyl (C=O) groups is 1. The quantitative estimate of drug-likeness (QED) is 0.594. The van der Waals surface area contributed by atoms with Crippen molar-refractivity contribution in [3.63, 3.8) is 0 Å². The van der Waals surface area contributed by atoms with Crippen LogP contribution in [0.5, 0.6) is 0 Å². The van der Waals surface area contributed by atoms with Crippen LogP contribution in [0, 0.1) is 10.8 Å². The number of nitrogens with zero attached hydrogens (tertiary/aromatic N) is 1. The molecule has 2 aliphatic rings. The van der Waals surface area contributed by atoms with Crippen molar-refractivity contribution in [2.45, 2.75) is 41.5 Å². The van der Waals surface area contributed by atoms with Gasteiger partial charge in [-0.25, -0.2) is 4.58 Å². The van der Waals surface area contributed by atoms with E-state index in [1.165, 1.54) is 5.71 Å². The summed E-state index contributed by atoms with van der Waals surface area (Å²) in [5.74, 6) is 0.184. The molecule has 0 bridgehead atoms. The summed E-state index contributed by atoms with van der Waals surface area (Å²) in [6.07, 6.45) is 12.6. The van der Waals surface area contributed by atoms with Gasteiger partial charge in [-0.05, 0) is 46.3 Å². The number of ketones is 1. The van der Waals surface area contributed by atoms with E-state index in [0.717, 1.165) is 22.3 Å². The van der Waals surface area contributed by atoms with Crippen molar-refractivity contribution in [2.75, 3.05) is 14.1 Å². The molecule has 0 aromatic heterocycles. The van der Waals surface area contributed by atoms with Crippen molar-refractivity contribution in [3.05, 3.63) is 58.7 Å². The molecule has 0 N–H and O–H groups in total.